The number of ether oxygens (including phenoxy) is 1. The van der Waals surface area contributed by atoms with Gasteiger partial charge < -0.3 is 9.64 Å². The van der Waals surface area contributed by atoms with Gasteiger partial charge in [0.25, 0.3) is 0 Å². The van der Waals surface area contributed by atoms with Gasteiger partial charge in [0.2, 0.25) is 0 Å². The van der Waals surface area contributed by atoms with Gasteiger partial charge in [-0.2, -0.15) is 13.2 Å². The van der Waals surface area contributed by atoms with Gasteiger partial charge >= 0.3 is 6.18 Å². The van der Waals surface area contributed by atoms with Crippen molar-refractivity contribution in [2.45, 2.75) is 63.3 Å². The van der Waals surface area contributed by atoms with Crippen LogP contribution in [0.3, 0.4) is 0 Å². The van der Waals surface area contributed by atoms with E-state index in [4.69, 9.17) is 4.74 Å². The van der Waals surface area contributed by atoms with Crippen LogP contribution in [0.5, 0.6) is 0 Å². The summed E-state index contributed by atoms with van der Waals surface area (Å²) in [5.74, 6) is 1.13. The van der Waals surface area contributed by atoms with Crippen LogP contribution in [0.1, 0.15) is 62.0 Å². The maximum Gasteiger partial charge on any atom is 0.422 e. The highest BCUT2D eigenvalue weighted by Gasteiger charge is 2.50. The van der Waals surface area contributed by atoms with Crippen molar-refractivity contribution in [3.05, 3.63) is 59.0 Å². The second-order valence-corrected chi connectivity index (χ2v) is 10.2. The van der Waals surface area contributed by atoms with Gasteiger partial charge in [0.15, 0.2) is 5.65 Å². The standard InChI is InChI=1S/C25H27F3N4O/c1-23(2)17-5-3-4-6-18(17)24(33-23)10-13-31(14-11-24)19-9-12-32-20(15-16-7-8-16)29-30-22(32)21(19)25(26,27)28/h3-6,9,12,16H,7-8,10-11,13-15H2,1-2H3. The predicted molar refractivity (Wildman–Crippen MR) is 118 cm³/mol. The Labute approximate surface area is 190 Å². The van der Waals surface area contributed by atoms with E-state index in [0.717, 1.165) is 12.8 Å². The van der Waals surface area contributed by atoms with Crippen LogP contribution < -0.4 is 4.90 Å². The molecule has 0 atom stereocenters. The quantitative estimate of drug-likeness (QED) is 0.525. The molecule has 0 bridgehead atoms. The average Bonchev–Trinajstić information content (AvgIpc) is 3.46. The second kappa shape index (κ2) is 6.95. The number of halogens is 3. The van der Waals surface area contributed by atoms with E-state index in [1.165, 1.54) is 15.5 Å². The number of hydrogen-bond donors (Lipinski definition) is 0. The molecule has 5 nitrogen and oxygen atoms in total. The topological polar surface area (TPSA) is 42.7 Å². The minimum atomic E-state index is -4.52. The van der Waals surface area contributed by atoms with Crippen molar-refractivity contribution in [3.63, 3.8) is 0 Å². The summed E-state index contributed by atoms with van der Waals surface area (Å²) in [6, 6.07) is 9.80. The summed E-state index contributed by atoms with van der Waals surface area (Å²) in [7, 11) is 0. The number of nitrogens with zero attached hydrogens (tertiary/aromatic N) is 4. The van der Waals surface area contributed by atoms with Crippen molar-refractivity contribution in [1.29, 1.82) is 0 Å². The second-order valence-electron chi connectivity index (χ2n) is 10.2. The number of alkyl halides is 3. The van der Waals surface area contributed by atoms with Crippen LogP contribution in [0, 0.1) is 5.92 Å². The molecule has 1 saturated carbocycles. The molecule has 3 aromatic rings. The maximum absolute atomic E-state index is 14.3. The van der Waals surface area contributed by atoms with Crippen molar-refractivity contribution < 1.29 is 17.9 Å². The molecule has 1 spiro atoms. The SMILES string of the molecule is CC1(C)OC2(CCN(c3ccn4c(CC5CC5)nnc4c3C(F)(F)F)CC2)c2ccccc21. The van der Waals surface area contributed by atoms with E-state index < -0.39 is 22.9 Å². The Kier molecular flexibility index (Phi) is 4.41. The van der Waals surface area contributed by atoms with E-state index in [9.17, 15) is 13.2 Å². The molecule has 3 aliphatic rings. The minimum absolute atomic E-state index is 0.0977. The summed E-state index contributed by atoms with van der Waals surface area (Å²) in [5, 5.41) is 8.09. The van der Waals surface area contributed by atoms with Gasteiger partial charge in [0, 0.05) is 25.7 Å². The van der Waals surface area contributed by atoms with Gasteiger partial charge in [0.1, 0.15) is 11.4 Å². The molecule has 2 fully saturated rings. The van der Waals surface area contributed by atoms with Crippen LogP contribution in [0.25, 0.3) is 5.65 Å². The molecule has 0 unspecified atom stereocenters. The van der Waals surface area contributed by atoms with E-state index >= 15 is 0 Å². The molecule has 1 saturated heterocycles. The first-order valence-electron chi connectivity index (χ1n) is 11.7. The van der Waals surface area contributed by atoms with E-state index in [0.29, 0.717) is 44.1 Å². The molecule has 2 aliphatic heterocycles. The summed E-state index contributed by atoms with van der Waals surface area (Å²) < 4.78 is 50.9. The molecule has 1 aromatic carbocycles. The lowest BCUT2D eigenvalue weighted by Gasteiger charge is -2.42. The number of piperidine rings is 1. The Balaban J connectivity index is 1.34. The van der Waals surface area contributed by atoms with Crippen LogP contribution in [0.2, 0.25) is 0 Å². The minimum Gasteiger partial charge on any atom is -0.371 e. The zero-order valence-corrected chi connectivity index (χ0v) is 18.8. The molecule has 0 amide bonds. The third-order valence-corrected chi connectivity index (χ3v) is 7.51. The van der Waals surface area contributed by atoms with Crippen LogP contribution in [0.15, 0.2) is 36.5 Å². The Bertz CT molecular complexity index is 1220. The number of anilines is 1. The molecule has 0 N–H and O–H groups in total. The van der Waals surface area contributed by atoms with Crippen LogP contribution in [-0.4, -0.2) is 27.7 Å². The van der Waals surface area contributed by atoms with Crippen LogP contribution >= 0.6 is 0 Å². The maximum atomic E-state index is 14.3. The zero-order valence-electron chi connectivity index (χ0n) is 18.8. The fourth-order valence-electron chi connectivity index (χ4n) is 5.73. The zero-order chi connectivity index (χ0) is 23.0. The van der Waals surface area contributed by atoms with Gasteiger partial charge in [-0.1, -0.05) is 24.3 Å². The van der Waals surface area contributed by atoms with Gasteiger partial charge in [-0.15, -0.1) is 10.2 Å². The van der Waals surface area contributed by atoms with Crippen molar-refractivity contribution >= 4 is 11.3 Å². The number of benzene rings is 1. The summed E-state index contributed by atoms with van der Waals surface area (Å²) in [6.45, 7) is 5.08. The van der Waals surface area contributed by atoms with E-state index in [-0.39, 0.29) is 11.3 Å². The highest BCUT2D eigenvalue weighted by Crippen LogP contribution is 2.52. The lowest BCUT2D eigenvalue weighted by atomic mass is 9.82. The van der Waals surface area contributed by atoms with Gasteiger partial charge in [0.05, 0.1) is 16.9 Å². The van der Waals surface area contributed by atoms with Crippen molar-refractivity contribution in [1.82, 2.24) is 14.6 Å². The number of rotatable bonds is 3. The summed E-state index contributed by atoms with van der Waals surface area (Å²) >= 11 is 0. The fraction of sp³-hybridized carbons (Fsp3) is 0.520. The van der Waals surface area contributed by atoms with E-state index in [2.05, 4.69) is 36.2 Å². The molecule has 4 heterocycles. The molecule has 6 rings (SSSR count). The summed E-state index contributed by atoms with van der Waals surface area (Å²) in [5.41, 5.74) is 0.870. The smallest absolute Gasteiger partial charge is 0.371 e. The van der Waals surface area contributed by atoms with Crippen molar-refractivity contribution in [2.75, 3.05) is 18.0 Å². The Morgan fingerprint density at radius 3 is 2.39 bits per heavy atom. The van der Waals surface area contributed by atoms with Crippen molar-refractivity contribution in [2.24, 2.45) is 5.92 Å². The first-order valence-corrected chi connectivity index (χ1v) is 11.7. The fourth-order valence-corrected chi connectivity index (χ4v) is 5.73. The van der Waals surface area contributed by atoms with E-state index in [1.807, 2.05) is 17.0 Å². The third-order valence-electron chi connectivity index (χ3n) is 7.51. The molecule has 2 aromatic heterocycles. The van der Waals surface area contributed by atoms with Crippen molar-refractivity contribution in [3.8, 4) is 0 Å². The molecule has 174 valence electrons. The number of fused-ring (bicyclic) bond motifs is 3. The lowest BCUT2D eigenvalue weighted by molar-refractivity contribution is -0.138. The molecule has 1 aliphatic carbocycles. The van der Waals surface area contributed by atoms with Crippen LogP contribution in [0.4, 0.5) is 18.9 Å². The molecular weight excluding hydrogens is 429 g/mol. The Morgan fingerprint density at radius 2 is 1.73 bits per heavy atom. The summed E-state index contributed by atoms with van der Waals surface area (Å²) in [6.07, 6.45) is 1.34. The molecular formula is C25H27F3N4O. The highest BCUT2D eigenvalue weighted by molar-refractivity contribution is 5.67. The molecule has 8 heteroatoms. The van der Waals surface area contributed by atoms with Crippen LogP contribution in [-0.2, 0) is 28.5 Å². The predicted octanol–water partition coefficient (Wildman–Crippen LogP) is 5.46. The van der Waals surface area contributed by atoms with E-state index in [1.54, 1.807) is 12.3 Å². The molecule has 33 heavy (non-hydrogen) atoms. The van der Waals surface area contributed by atoms with Gasteiger partial charge in [-0.05, 0) is 62.6 Å². The number of hydrogen-bond acceptors (Lipinski definition) is 4. The van der Waals surface area contributed by atoms with Gasteiger partial charge in [-0.3, -0.25) is 4.40 Å². The average molecular weight is 457 g/mol. The summed E-state index contributed by atoms with van der Waals surface area (Å²) in [4.78, 5) is 1.83. The monoisotopic (exact) mass is 456 g/mol. The normalized spacial score (nSPS) is 21.7. The molecule has 0 radical (unpaired) electrons. The Morgan fingerprint density at radius 1 is 1.03 bits per heavy atom. The third kappa shape index (κ3) is 3.33. The number of pyridine rings is 1. The largest absolute Gasteiger partial charge is 0.422 e. The van der Waals surface area contributed by atoms with Gasteiger partial charge in [-0.25, -0.2) is 0 Å². The lowest BCUT2D eigenvalue weighted by Crippen LogP contribution is -2.44. The first-order chi connectivity index (χ1) is 15.7. The Hall–Kier alpha value is -2.61. The number of aromatic nitrogens is 3. The first kappa shape index (κ1) is 21.0. The highest BCUT2D eigenvalue weighted by atomic mass is 19.4.